The van der Waals surface area contributed by atoms with Gasteiger partial charge in [-0.1, -0.05) is 12.1 Å². The van der Waals surface area contributed by atoms with Crippen LogP contribution in [0.2, 0.25) is 0 Å². The summed E-state index contributed by atoms with van der Waals surface area (Å²) >= 11 is 7.51. The van der Waals surface area contributed by atoms with Crippen LogP contribution in [0.25, 0.3) is 0 Å². The second-order valence-corrected chi connectivity index (χ2v) is 5.77. The van der Waals surface area contributed by atoms with Gasteiger partial charge in [-0.2, -0.15) is 0 Å². The molecule has 1 heterocycles. The fourth-order valence-corrected chi connectivity index (χ4v) is 3.31. The highest BCUT2D eigenvalue weighted by atomic mass is 35.5. The number of anilines is 1. The van der Waals surface area contributed by atoms with Gasteiger partial charge in [0.05, 0.1) is 17.6 Å². The molecule has 0 saturated heterocycles. The zero-order valence-electron chi connectivity index (χ0n) is 11.6. The van der Waals surface area contributed by atoms with E-state index < -0.39 is 0 Å². The van der Waals surface area contributed by atoms with E-state index in [-0.39, 0.29) is 6.04 Å². The summed E-state index contributed by atoms with van der Waals surface area (Å²) in [5.41, 5.74) is 3.50. The van der Waals surface area contributed by atoms with Crippen molar-refractivity contribution < 1.29 is 0 Å². The zero-order valence-corrected chi connectivity index (χ0v) is 13.1. The predicted molar refractivity (Wildman–Crippen MR) is 84.3 cm³/mol. The number of benzene rings is 1. The minimum Gasteiger partial charge on any atom is -0.363 e. The number of hydrogen-bond donors (Lipinski definition) is 0. The summed E-state index contributed by atoms with van der Waals surface area (Å²) in [6, 6.07) is 8.87. The first-order valence-electron chi connectivity index (χ1n) is 6.49. The van der Waals surface area contributed by atoms with Crippen LogP contribution in [-0.4, -0.2) is 11.5 Å². The topological polar surface area (TPSA) is 16.1 Å². The molecule has 0 aliphatic carbocycles. The molecule has 0 aliphatic rings. The summed E-state index contributed by atoms with van der Waals surface area (Å²) in [6.45, 7) is 7.45. The molecule has 2 rings (SSSR count). The summed E-state index contributed by atoms with van der Waals surface area (Å²) in [5.74, 6) is 0.486. The Hall–Kier alpha value is -1.06. The van der Waals surface area contributed by atoms with Crippen molar-refractivity contribution in [1.82, 2.24) is 4.98 Å². The van der Waals surface area contributed by atoms with E-state index in [0.717, 1.165) is 17.2 Å². The quantitative estimate of drug-likeness (QED) is 0.738. The van der Waals surface area contributed by atoms with Gasteiger partial charge in [0.25, 0.3) is 0 Å². The summed E-state index contributed by atoms with van der Waals surface area (Å²) in [6.07, 6.45) is 0. The molecule has 0 amide bonds. The fourth-order valence-electron chi connectivity index (χ4n) is 2.20. The molecule has 2 nitrogen and oxygen atoms in total. The maximum absolute atomic E-state index is 5.83. The molecular formula is C15H19ClN2S. The highest BCUT2D eigenvalue weighted by Gasteiger charge is 2.18. The monoisotopic (exact) mass is 294 g/mol. The Bertz CT molecular complexity index is 538. The third kappa shape index (κ3) is 3.28. The molecule has 2 aromatic rings. The van der Waals surface area contributed by atoms with Gasteiger partial charge in [0.2, 0.25) is 0 Å². The minimum atomic E-state index is 0.272. The predicted octanol–water partition coefficient (Wildman–Crippen LogP) is 4.78. The lowest BCUT2D eigenvalue weighted by Gasteiger charge is -2.29. The summed E-state index contributed by atoms with van der Waals surface area (Å²) < 4.78 is 0. The number of alkyl halides is 1. The zero-order chi connectivity index (χ0) is 13.8. The number of thiazole rings is 1. The van der Waals surface area contributed by atoms with Crippen molar-refractivity contribution in [1.29, 1.82) is 0 Å². The van der Waals surface area contributed by atoms with E-state index in [0.29, 0.717) is 5.88 Å². The van der Waals surface area contributed by atoms with E-state index in [1.807, 2.05) is 5.38 Å². The van der Waals surface area contributed by atoms with Gasteiger partial charge in [0.15, 0.2) is 0 Å². The molecule has 0 fully saturated rings. The first kappa shape index (κ1) is 14.4. The van der Waals surface area contributed by atoms with Gasteiger partial charge in [-0.15, -0.1) is 22.9 Å². The number of aromatic nitrogens is 1. The van der Waals surface area contributed by atoms with E-state index in [9.17, 15) is 0 Å². The number of hydrogen-bond acceptors (Lipinski definition) is 3. The van der Waals surface area contributed by atoms with Crippen molar-refractivity contribution in [3.8, 4) is 0 Å². The van der Waals surface area contributed by atoms with Gasteiger partial charge < -0.3 is 4.90 Å². The van der Waals surface area contributed by atoms with Crippen molar-refractivity contribution in [3.05, 3.63) is 45.9 Å². The standard InChI is InChI=1S/C15H19ClN2S/c1-4-18(14-7-5-6-11(2)8-14)12(3)15-17-13(9-16)10-19-15/h5-8,10,12H,4,9H2,1-3H3. The maximum Gasteiger partial charge on any atom is 0.115 e. The second kappa shape index (κ2) is 6.40. The number of halogens is 1. The summed E-state index contributed by atoms with van der Waals surface area (Å²) in [5, 5.41) is 3.17. The molecule has 0 N–H and O–H groups in total. The van der Waals surface area contributed by atoms with Gasteiger partial charge in [-0.3, -0.25) is 0 Å². The van der Waals surface area contributed by atoms with E-state index in [1.54, 1.807) is 11.3 Å². The highest BCUT2D eigenvalue weighted by Crippen LogP contribution is 2.29. The molecule has 0 spiro atoms. The molecule has 1 atom stereocenters. The largest absolute Gasteiger partial charge is 0.363 e. The third-order valence-electron chi connectivity index (χ3n) is 3.21. The van der Waals surface area contributed by atoms with Crippen LogP contribution >= 0.6 is 22.9 Å². The average Bonchev–Trinajstić information content (AvgIpc) is 2.88. The molecule has 0 saturated carbocycles. The average molecular weight is 295 g/mol. The lowest BCUT2D eigenvalue weighted by molar-refractivity contribution is 0.683. The van der Waals surface area contributed by atoms with Crippen molar-refractivity contribution >= 4 is 28.6 Å². The van der Waals surface area contributed by atoms with Crippen molar-refractivity contribution in [3.63, 3.8) is 0 Å². The summed E-state index contributed by atoms with van der Waals surface area (Å²) in [4.78, 5) is 6.96. The van der Waals surface area contributed by atoms with Crippen LogP contribution in [-0.2, 0) is 5.88 Å². The Morgan fingerprint density at radius 3 is 2.79 bits per heavy atom. The molecule has 102 valence electrons. The molecular weight excluding hydrogens is 276 g/mol. The first-order valence-corrected chi connectivity index (χ1v) is 7.90. The van der Waals surface area contributed by atoms with Crippen molar-refractivity contribution in [2.45, 2.75) is 32.7 Å². The van der Waals surface area contributed by atoms with E-state index in [2.05, 4.69) is 54.9 Å². The molecule has 1 aromatic carbocycles. The highest BCUT2D eigenvalue weighted by molar-refractivity contribution is 7.09. The second-order valence-electron chi connectivity index (χ2n) is 4.61. The lowest BCUT2D eigenvalue weighted by Crippen LogP contribution is -2.26. The Kier molecular flexibility index (Phi) is 4.83. The normalized spacial score (nSPS) is 12.4. The number of aryl methyl sites for hydroxylation is 1. The number of nitrogens with zero attached hydrogens (tertiary/aromatic N) is 2. The number of rotatable bonds is 5. The van der Waals surface area contributed by atoms with E-state index in [4.69, 9.17) is 11.6 Å². The molecule has 0 aliphatic heterocycles. The maximum atomic E-state index is 5.83. The van der Waals surface area contributed by atoms with Crippen LogP contribution in [0.4, 0.5) is 5.69 Å². The molecule has 1 aromatic heterocycles. The van der Waals surface area contributed by atoms with Crippen LogP contribution in [0, 0.1) is 6.92 Å². The van der Waals surface area contributed by atoms with Crippen LogP contribution in [0.5, 0.6) is 0 Å². The van der Waals surface area contributed by atoms with Crippen molar-refractivity contribution in [2.75, 3.05) is 11.4 Å². The first-order chi connectivity index (χ1) is 9.15. The van der Waals surface area contributed by atoms with Gasteiger partial charge in [-0.05, 0) is 38.5 Å². The Morgan fingerprint density at radius 1 is 1.42 bits per heavy atom. The van der Waals surface area contributed by atoms with Crippen LogP contribution in [0.15, 0.2) is 29.6 Å². The van der Waals surface area contributed by atoms with Gasteiger partial charge in [0.1, 0.15) is 5.01 Å². The summed E-state index contributed by atoms with van der Waals surface area (Å²) in [7, 11) is 0. The van der Waals surface area contributed by atoms with Gasteiger partial charge >= 0.3 is 0 Å². The van der Waals surface area contributed by atoms with E-state index in [1.165, 1.54) is 11.3 Å². The van der Waals surface area contributed by atoms with Gasteiger partial charge in [0, 0.05) is 17.6 Å². The fraction of sp³-hybridized carbons (Fsp3) is 0.400. The Morgan fingerprint density at radius 2 is 2.21 bits per heavy atom. The van der Waals surface area contributed by atoms with Gasteiger partial charge in [-0.25, -0.2) is 4.98 Å². The Labute approximate surface area is 124 Å². The molecule has 19 heavy (non-hydrogen) atoms. The van der Waals surface area contributed by atoms with E-state index >= 15 is 0 Å². The van der Waals surface area contributed by atoms with Crippen LogP contribution < -0.4 is 4.90 Å². The molecule has 4 heteroatoms. The lowest BCUT2D eigenvalue weighted by atomic mass is 10.2. The minimum absolute atomic E-state index is 0.272. The smallest absolute Gasteiger partial charge is 0.115 e. The molecule has 1 unspecified atom stereocenters. The SMILES string of the molecule is CCN(c1cccc(C)c1)C(C)c1nc(CCl)cs1. The van der Waals surface area contributed by atoms with Crippen LogP contribution in [0.1, 0.15) is 36.2 Å². The molecule has 0 radical (unpaired) electrons. The van der Waals surface area contributed by atoms with Crippen molar-refractivity contribution in [2.24, 2.45) is 0 Å². The van der Waals surface area contributed by atoms with Crippen LogP contribution in [0.3, 0.4) is 0 Å². The third-order valence-corrected chi connectivity index (χ3v) is 4.54. The molecule has 0 bridgehead atoms. The Balaban J connectivity index is 2.26.